The topological polar surface area (TPSA) is 50.8 Å². The van der Waals surface area contributed by atoms with Crippen LogP contribution < -0.4 is 14.8 Å². The zero-order chi connectivity index (χ0) is 18.7. The van der Waals surface area contributed by atoms with E-state index in [0.717, 1.165) is 40.4 Å². The molecule has 0 radical (unpaired) electrons. The van der Waals surface area contributed by atoms with E-state index in [2.05, 4.69) is 17.1 Å². The molecule has 26 heavy (non-hydrogen) atoms. The molecule has 2 aromatic carbocycles. The average molecular weight is 354 g/mol. The smallest absolute Gasteiger partial charge is 0.241 e. The normalized spacial score (nSPS) is 13.7. The van der Waals surface area contributed by atoms with Gasteiger partial charge in [0.25, 0.3) is 0 Å². The highest BCUT2D eigenvalue weighted by Crippen LogP contribution is 2.33. The minimum absolute atomic E-state index is 0.00120. The van der Waals surface area contributed by atoms with Crippen LogP contribution in [0.2, 0.25) is 0 Å². The lowest BCUT2D eigenvalue weighted by molar-refractivity contribution is -0.120. The van der Waals surface area contributed by atoms with E-state index < -0.39 is 0 Å². The summed E-state index contributed by atoms with van der Waals surface area (Å²) in [5, 5.41) is 3.07. The van der Waals surface area contributed by atoms with E-state index in [-0.39, 0.29) is 18.7 Å². The first-order valence-corrected chi connectivity index (χ1v) is 8.98. The largest absolute Gasteiger partial charge is 0.454 e. The molecule has 0 saturated carbocycles. The highest BCUT2D eigenvalue weighted by atomic mass is 16.7. The van der Waals surface area contributed by atoms with E-state index in [0.29, 0.717) is 6.54 Å². The summed E-state index contributed by atoms with van der Waals surface area (Å²) in [5.41, 5.74) is 4.17. The summed E-state index contributed by atoms with van der Waals surface area (Å²) in [6, 6.07) is 11.8. The number of likely N-dealkylation sites (N-methyl/N-ethyl adjacent to an activating group) is 1. The number of anilines is 1. The van der Waals surface area contributed by atoms with E-state index in [1.165, 1.54) is 0 Å². The van der Waals surface area contributed by atoms with Gasteiger partial charge in [-0.25, -0.2) is 0 Å². The molecule has 1 aliphatic rings. The van der Waals surface area contributed by atoms with Gasteiger partial charge in [-0.15, -0.1) is 0 Å². The highest BCUT2D eigenvalue weighted by Gasteiger charge is 2.22. The lowest BCUT2D eigenvalue weighted by atomic mass is 10.1. The van der Waals surface area contributed by atoms with Crippen LogP contribution in [0.25, 0.3) is 0 Å². The molecule has 1 heterocycles. The van der Waals surface area contributed by atoms with Gasteiger partial charge in [0.05, 0.1) is 6.04 Å². The van der Waals surface area contributed by atoms with Crippen molar-refractivity contribution in [1.29, 1.82) is 0 Å². The van der Waals surface area contributed by atoms with Gasteiger partial charge in [0.2, 0.25) is 12.7 Å². The summed E-state index contributed by atoms with van der Waals surface area (Å²) in [6.45, 7) is 9.75. The second-order valence-corrected chi connectivity index (χ2v) is 6.73. The number of carbonyl (C=O) groups excluding carboxylic acids is 1. The zero-order valence-corrected chi connectivity index (χ0v) is 15.8. The molecule has 1 unspecified atom stereocenters. The first kappa shape index (κ1) is 18.3. The third kappa shape index (κ3) is 3.99. The summed E-state index contributed by atoms with van der Waals surface area (Å²) < 4.78 is 10.8. The van der Waals surface area contributed by atoms with Gasteiger partial charge >= 0.3 is 0 Å². The number of fused-ring (bicyclic) bond motifs is 1. The third-order valence-electron chi connectivity index (χ3n) is 4.81. The number of nitrogens with zero attached hydrogens (tertiary/aromatic N) is 1. The minimum atomic E-state index is -0.245. The molecule has 138 valence electrons. The molecule has 1 N–H and O–H groups in total. The Balaban J connectivity index is 1.68. The molecule has 0 saturated heterocycles. The first-order chi connectivity index (χ1) is 12.5. The molecule has 0 bridgehead atoms. The Hall–Kier alpha value is -2.53. The number of benzene rings is 2. The van der Waals surface area contributed by atoms with Crippen LogP contribution >= 0.6 is 0 Å². The van der Waals surface area contributed by atoms with Crippen LogP contribution in [-0.2, 0) is 11.3 Å². The number of hydrogen-bond donors (Lipinski definition) is 1. The van der Waals surface area contributed by atoms with E-state index in [1.54, 1.807) is 0 Å². The second-order valence-electron chi connectivity index (χ2n) is 6.73. The number of aryl methyl sites for hydroxylation is 2. The van der Waals surface area contributed by atoms with Crippen LogP contribution in [0.5, 0.6) is 11.5 Å². The Kier molecular flexibility index (Phi) is 5.47. The van der Waals surface area contributed by atoms with Gasteiger partial charge in [-0.2, -0.15) is 0 Å². The minimum Gasteiger partial charge on any atom is -0.454 e. The molecule has 0 aliphatic carbocycles. The van der Waals surface area contributed by atoms with E-state index >= 15 is 0 Å². The van der Waals surface area contributed by atoms with Crippen LogP contribution in [0.1, 0.15) is 30.5 Å². The fourth-order valence-corrected chi connectivity index (χ4v) is 3.07. The molecule has 0 spiro atoms. The molecule has 2 aromatic rings. The predicted molar refractivity (Wildman–Crippen MR) is 103 cm³/mol. The zero-order valence-electron chi connectivity index (χ0n) is 15.8. The molecule has 0 fully saturated rings. The molecular weight excluding hydrogens is 328 g/mol. The quantitative estimate of drug-likeness (QED) is 0.855. The van der Waals surface area contributed by atoms with Gasteiger partial charge in [-0.1, -0.05) is 25.1 Å². The van der Waals surface area contributed by atoms with Gasteiger partial charge in [-0.05, 0) is 62.2 Å². The fourth-order valence-electron chi connectivity index (χ4n) is 3.07. The van der Waals surface area contributed by atoms with Crippen molar-refractivity contribution in [3.63, 3.8) is 0 Å². The Morgan fingerprint density at radius 3 is 2.69 bits per heavy atom. The summed E-state index contributed by atoms with van der Waals surface area (Å²) in [6.07, 6.45) is 0. The van der Waals surface area contributed by atoms with Gasteiger partial charge in [0.1, 0.15) is 0 Å². The van der Waals surface area contributed by atoms with Crippen molar-refractivity contribution in [3.05, 3.63) is 53.1 Å². The lowest BCUT2D eigenvalue weighted by Crippen LogP contribution is -2.41. The monoisotopic (exact) mass is 354 g/mol. The Morgan fingerprint density at radius 1 is 1.15 bits per heavy atom. The van der Waals surface area contributed by atoms with Gasteiger partial charge < -0.3 is 14.8 Å². The number of rotatable bonds is 6. The summed E-state index contributed by atoms with van der Waals surface area (Å²) in [4.78, 5) is 14.9. The molecule has 1 aliphatic heterocycles. The van der Waals surface area contributed by atoms with Crippen molar-refractivity contribution in [1.82, 2.24) is 4.90 Å². The predicted octanol–water partition coefficient (Wildman–Crippen LogP) is 3.88. The van der Waals surface area contributed by atoms with E-state index in [4.69, 9.17) is 9.47 Å². The number of ether oxygens (including phenoxy) is 2. The highest BCUT2D eigenvalue weighted by molar-refractivity contribution is 5.95. The second kappa shape index (κ2) is 7.79. The van der Waals surface area contributed by atoms with Crippen molar-refractivity contribution >= 4 is 11.6 Å². The maximum Gasteiger partial charge on any atom is 0.241 e. The Bertz CT molecular complexity index is 804. The molecule has 0 aromatic heterocycles. The van der Waals surface area contributed by atoms with Crippen LogP contribution in [0.4, 0.5) is 5.69 Å². The van der Waals surface area contributed by atoms with E-state index in [9.17, 15) is 4.79 Å². The van der Waals surface area contributed by atoms with Crippen LogP contribution in [0.3, 0.4) is 0 Å². The van der Waals surface area contributed by atoms with Crippen LogP contribution in [0.15, 0.2) is 36.4 Å². The van der Waals surface area contributed by atoms with Crippen molar-refractivity contribution < 1.29 is 14.3 Å². The van der Waals surface area contributed by atoms with Crippen LogP contribution in [0, 0.1) is 13.8 Å². The Labute approximate surface area is 154 Å². The molecule has 1 amide bonds. The molecule has 1 atom stereocenters. The summed E-state index contributed by atoms with van der Waals surface area (Å²) in [7, 11) is 0. The maximum atomic E-state index is 12.8. The van der Waals surface area contributed by atoms with Crippen molar-refractivity contribution in [2.24, 2.45) is 0 Å². The van der Waals surface area contributed by atoms with Crippen LogP contribution in [-0.4, -0.2) is 30.2 Å². The summed E-state index contributed by atoms with van der Waals surface area (Å²) in [5.74, 6) is 1.55. The number of carbonyl (C=O) groups is 1. The van der Waals surface area contributed by atoms with E-state index in [1.807, 2.05) is 57.2 Å². The third-order valence-corrected chi connectivity index (χ3v) is 4.81. The Morgan fingerprint density at radius 2 is 1.92 bits per heavy atom. The van der Waals surface area contributed by atoms with Gasteiger partial charge in [-0.3, -0.25) is 9.69 Å². The van der Waals surface area contributed by atoms with Crippen molar-refractivity contribution in [3.8, 4) is 11.5 Å². The molecule has 5 nitrogen and oxygen atoms in total. The number of hydrogen-bond acceptors (Lipinski definition) is 4. The molecular formula is C21H26N2O3. The fraction of sp³-hybridized carbons (Fsp3) is 0.381. The average Bonchev–Trinajstić information content (AvgIpc) is 3.09. The van der Waals surface area contributed by atoms with Crippen molar-refractivity contribution in [2.75, 3.05) is 18.7 Å². The lowest BCUT2D eigenvalue weighted by Gasteiger charge is -2.27. The maximum absolute atomic E-state index is 12.8. The number of nitrogens with one attached hydrogen (secondary N) is 1. The first-order valence-electron chi connectivity index (χ1n) is 8.98. The molecule has 3 rings (SSSR count). The van der Waals surface area contributed by atoms with Gasteiger partial charge in [0.15, 0.2) is 11.5 Å². The standard InChI is InChI=1S/C21H26N2O3/c1-5-23(12-17-8-9-19-20(11-17)26-13-25-19)16(4)21(24)22-18-10-14(2)6-7-15(18)3/h6-11,16H,5,12-13H2,1-4H3,(H,22,24). The molecule has 5 heteroatoms. The van der Waals surface area contributed by atoms with Crippen molar-refractivity contribution in [2.45, 2.75) is 40.3 Å². The van der Waals surface area contributed by atoms with Gasteiger partial charge in [0, 0.05) is 12.2 Å². The number of amides is 1. The SMILES string of the molecule is CCN(Cc1ccc2c(c1)OCO2)C(C)C(=O)Nc1cc(C)ccc1C. The summed E-state index contributed by atoms with van der Waals surface area (Å²) >= 11 is 0.